The number of nitrogens with zero attached hydrogens (tertiary/aromatic N) is 1. The smallest absolute Gasteiger partial charge is 0.269 e. The van der Waals surface area contributed by atoms with Gasteiger partial charge >= 0.3 is 0 Å². The Kier molecular flexibility index (Phi) is 6.41. The first-order valence-electron chi connectivity index (χ1n) is 8.94. The van der Waals surface area contributed by atoms with E-state index in [0.29, 0.717) is 12.2 Å². The van der Waals surface area contributed by atoms with Crippen molar-refractivity contribution < 1.29 is 9.53 Å². The van der Waals surface area contributed by atoms with Crippen LogP contribution in [0.1, 0.15) is 22.5 Å². The molecule has 1 amide bonds. The summed E-state index contributed by atoms with van der Waals surface area (Å²) < 4.78 is 5.21. The molecular formula is C22H23N3O2. The molecule has 5 nitrogen and oxygen atoms in total. The molecule has 0 aliphatic rings. The number of carbonyl (C=O) groups excluding carboxylic acids is 1. The fraction of sp³-hybridized carbons (Fsp3) is 0.182. The Morgan fingerprint density at radius 3 is 2.59 bits per heavy atom. The van der Waals surface area contributed by atoms with Crippen molar-refractivity contribution in [3.63, 3.8) is 0 Å². The standard InChI is InChI=1S/C22H23N3O2/c1-27-20-11-5-10-18(15-20)25-19-12-13-21(24-16-19)22(26)23-14-6-9-17-7-3-2-4-8-17/h2-5,7-8,10-13,15-16,25H,6,9,14H2,1H3,(H,23,26). The van der Waals surface area contributed by atoms with Gasteiger partial charge in [0.25, 0.3) is 5.91 Å². The van der Waals surface area contributed by atoms with Gasteiger partial charge in [0.2, 0.25) is 0 Å². The molecule has 0 saturated carbocycles. The van der Waals surface area contributed by atoms with Gasteiger partial charge < -0.3 is 15.4 Å². The Balaban J connectivity index is 1.48. The average molecular weight is 361 g/mol. The molecule has 1 heterocycles. The molecule has 138 valence electrons. The van der Waals surface area contributed by atoms with Crippen LogP contribution >= 0.6 is 0 Å². The molecule has 5 heteroatoms. The number of hydrogen-bond acceptors (Lipinski definition) is 4. The first-order chi connectivity index (χ1) is 13.2. The lowest BCUT2D eigenvalue weighted by molar-refractivity contribution is 0.0948. The van der Waals surface area contributed by atoms with Gasteiger partial charge in [-0.2, -0.15) is 0 Å². The first kappa shape index (κ1) is 18.5. The monoisotopic (exact) mass is 361 g/mol. The summed E-state index contributed by atoms with van der Waals surface area (Å²) in [6.07, 6.45) is 3.49. The summed E-state index contributed by atoms with van der Waals surface area (Å²) >= 11 is 0. The van der Waals surface area contributed by atoms with Crippen LogP contribution in [0.25, 0.3) is 0 Å². The zero-order valence-corrected chi connectivity index (χ0v) is 15.3. The van der Waals surface area contributed by atoms with E-state index < -0.39 is 0 Å². The normalized spacial score (nSPS) is 10.3. The molecule has 3 aromatic rings. The van der Waals surface area contributed by atoms with Gasteiger partial charge in [-0.15, -0.1) is 0 Å². The van der Waals surface area contributed by atoms with E-state index in [1.807, 2.05) is 48.5 Å². The highest BCUT2D eigenvalue weighted by Crippen LogP contribution is 2.20. The van der Waals surface area contributed by atoms with Gasteiger partial charge in [-0.1, -0.05) is 36.4 Å². The third-order valence-electron chi connectivity index (χ3n) is 4.13. The van der Waals surface area contributed by atoms with Gasteiger partial charge in [-0.05, 0) is 42.7 Å². The molecule has 27 heavy (non-hydrogen) atoms. The van der Waals surface area contributed by atoms with E-state index in [2.05, 4.69) is 27.8 Å². The number of nitrogens with one attached hydrogen (secondary N) is 2. The third kappa shape index (κ3) is 5.57. The average Bonchev–Trinajstić information content (AvgIpc) is 2.72. The Morgan fingerprint density at radius 2 is 1.85 bits per heavy atom. The molecule has 1 aromatic heterocycles. The molecule has 3 rings (SSSR count). The van der Waals surface area contributed by atoms with Crippen molar-refractivity contribution >= 4 is 17.3 Å². The van der Waals surface area contributed by atoms with Gasteiger partial charge in [0, 0.05) is 18.3 Å². The van der Waals surface area contributed by atoms with Crippen LogP contribution < -0.4 is 15.4 Å². The number of aryl methyl sites for hydroxylation is 1. The van der Waals surface area contributed by atoms with Crippen molar-refractivity contribution in [2.24, 2.45) is 0 Å². The van der Waals surface area contributed by atoms with Crippen LogP contribution in [0.3, 0.4) is 0 Å². The number of methoxy groups -OCH3 is 1. The van der Waals surface area contributed by atoms with Crippen LogP contribution in [0, 0.1) is 0 Å². The Hall–Kier alpha value is -3.34. The number of aromatic nitrogens is 1. The summed E-state index contributed by atoms with van der Waals surface area (Å²) in [7, 11) is 1.63. The number of hydrogen-bond donors (Lipinski definition) is 2. The van der Waals surface area contributed by atoms with Gasteiger partial charge in [-0.3, -0.25) is 4.79 Å². The van der Waals surface area contributed by atoms with E-state index in [4.69, 9.17) is 4.74 Å². The van der Waals surface area contributed by atoms with Crippen molar-refractivity contribution in [2.45, 2.75) is 12.8 Å². The van der Waals surface area contributed by atoms with E-state index in [0.717, 1.165) is 30.0 Å². The number of carbonyl (C=O) groups is 1. The molecule has 2 N–H and O–H groups in total. The molecule has 0 unspecified atom stereocenters. The Morgan fingerprint density at radius 1 is 1.00 bits per heavy atom. The minimum atomic E-state index is -0.156. The number of ether oxygens (including phenoxy) is 1. The van der Waals surface area contributed by atoms with Crippen molar-refractivity contribution in [3.8, 4) is 5.75 Å². The van der Waals surface area contributed by atoms with Crippen LogP contribution in [0.5, 0.6) is 5.75 Å². The zero-order valence-electron chi connectivity index (χ0n) is 15.3. The Bertz CT molecular complexity index is 864. The molecule has 0 aliphatic carbocycles. The molecule has 0 radical (unpaired) electrons. The highest BCUT2D eigenvalue weighted by atomic mass is 16.5. The predicted octanol–water partition coefficient (Wildman–Crippen LogP) is 4.20. The van der Waals surface area contributed by atoms with Crippen LogP contribution in [-0.4, -0.2) is 24.5 Å². The molecule has 0 spiro atoms. The van der Waals surface area contributed by atoms with Crippen LogP contribution in [0.4, 0.5) is 11.4 Å². The van der Waals surface area contributed by atoms with Gasteiger partial charge in [0.15, 0.2) is 0 Å². The summed E-state index contributed by atoms with van der Waals surface area (Å²) in [5.41, 5.74) is 3.39. The van der Waals surface area contributed by atoms with Crippen LogP contribution in [0.2, 0.25) is 0 Å². The zero-order chi connectivity index (χ0) is 18.9. The first-order valence-corrected chi connectivity index (χ1v) is 8.94. The van der Waals surface area contributed by atoms with Crippen molar-refractivity contribution in [2.75, 3.05) is 19.0 Å². The van der Waals surface area contributed by atoms with Gasteiger partial charge in [0.05, 0.1) is 19.0 Å². The maximum absolute atomic E-state index is 12.2. The number of benzene rings is 2. The molecular weight excluding hydrogens is 338 g/mol. The molecule has 0 saturated heterocycles. The second-order valence-electron chi connectivity index (χ2n) is 6.13. The molecule has 0 bridgehead atoms. The lowest BCUT2D eigenvalue weighted by Crippen LogP contribution is -2.25. The minimum absolute atomic E-state index is 0.156. The fourth-order valence-electron chi connectivity index (χ4n) is 2.70. The number of rotatable bonds is 8. The van der Waals surface area contributed by atoms with E-state index in [1.165, 1.54) is 5.56 Å². The maximum atomic E-state index is 12.2. The molecule has 0 aliphatic heterocycles. The summed E-state index contributed by atoms with van der Waals surface area (Å²) in [5, 5.41) is 6.16. The van der Waals surface area contributed by atoms with E-state index in [1.54, 1.807) is 19.4 Å². The van der Waals surface area contributed by atoms with E-state index in [9.17, 15) is 4.79 Å². The SMILES string of the molecule is COc1cccc(Nc2ccc(C(=O)NCCCc3ccccc3)nc2)c1. The largest absolute Gasteiger partial charge is 0.497 e. The maximum Gasteiger partial charge on any atom is 0.269 e. The topological polar surface area (TPSA) is 63.2 Å². The lowest BCUT2D eigenvalue weighted by Gasteiger charge is -2.09. The van der Waals surface area contributed by atoms with E-state index >= 15 is 0 Å². The van der Waals surface area contributed by atoms with Crippen molar-refractivity contribution in [3.05, 3.63) is 84.2 Å². The summed E-state index contributed by atoms with van der Waals surface area (Å²) in [4.78, 5) is 16.4. The summed E-state index contributed by atoms with van der Waals surface area (Å²) in [6.45, 7) is 0.624. The highest BCUT2D eigenvalue weighted by Gasteiger charge is 2.06. The summed E-state index contributed by atoms with van der Waals surface area (Å²) in [5.74, 6) is 0.621. The van der Waals surface area contributed by atoms with Crippen LogP contribution in [-0.2, 0) is 6.42 Å². The summed E-state index contributed by atoms with van der Waals surface area (Å²) in [6, 6.07) is 21.4. The highest BCUT2D eigenvalue weighted by molar-refractivity contribution is 5.92. The number of pyridine rings is 1. The second kappa shape index (κ2) is 9.38. The number of anilines is 2. The quantitative estimate of drug-likeness (QED) is 0.590. The van der Waals surface area contributed by atoms with E-state index in [-0.39, 0.29) is 5.91 Å². The molecule has 2 aromatic carbocycles. The fourth-order valence-corrected chi connectivity index (χ4v) is 2.70. The second-order valence-corrected chi connectivity index (χ2v) is 6.13. The van der Waals surface area contributed by atoms with Crippen LogP contribution in [0.15, 0.2) is 72.9 Å². The van der Waals surface area contributed by atoms with Crippen molar-refractivity contribution in [1.29, 1.82) is 0 Å². The van der Waals surface area contributed by atoms with Crippen molar-refractivity contribution in [1.82, 2.24) is 10.3 Å². The molecule has 0 atom stereocenters. The molecule has 0 fully saturated rings. The number of amides is 1. The van der Waals surface area contributed by atoms with Gasteiger partial charge in [-0.25, -0.2) is 4.98 Å². The Labute approximate surface area is 159 Å². The predicted molar refractivity (Wildman–Crippen MR) is 108 cm³/mol. The lowest BCUT2D eigenvalue weighted by atomic mass is 10.1. The van der Waals surface area contributed by atoms with Gasteiger partial charge in [0.1, 0.15) is 11.4 Å². The third-order valence-corrected chi connectivity index (χ3v) is 4.13. The minimum Gasteiger partial charge on any atom is -0.497 e.